The molecule has 1 aromatic carbocycles. The second kappa shape index (κ2) is 4.79. The van der Waals surface area contributed by atoms with Crippen LogP contribution in [0.3, 0.4) is 0 Å². The molecule has 1 heterocycles. The Bertz CT molecular complexity index is 608. The second-order valence-corrected chi connectivity index (χ2v) is 3.35. The number of H-pyrrole nitrogens is 1. The van der Waals surface area contributed by atoms with E-state index in [0.29, 0.717) is 10.8 Å². The summed E-state index contributed by atoms with van der Waals surface area (Å²) in [6.45, 7) is 5.89. The summed E-state index contributed by atoms with van der Waals surface area (Å²) >= 11 is 0. The number of nitrogens with one attached hydrogen (secondary N) is 1. The van der Waals surface area contributed by atoms with E-state index in [2.05, 4.69) is 5.10 Å². The molecule has 0 unspecified atom stereocenters. The summed E-state index contributed by atoms with van der Waals surface area (Å²) < 4.78 is 1.19. The van der Waals surface area contributed by atoms with Crippen LogP contribution in [0.2, 0.25) is 0 Å². The van der Waals surface area contributed by atoms with Crippen LogP contribution in [-0.4, -0.2) is 9.78 Å². The molecule has 1 N–H and O–H groups in total. The van der Waals surface area contributed by atoms with E-state index in [1.54, 1.807) is 12.1 Å². The maximum Gasteiger partial charge on any atom is 0.272 e. The lowest BCUT2D eigenvalue weighted by molar-refractivity contribution is 0.704. The quantitative estimate of drug-likeness (QED) is 0.732. The average Bonchev–Trinajstić information content (AvgIpc) is 2.29. The summed E-state index contributed by atoms with van der Waals surface area (Å²) in [4.78, 5) is 23.1. The standard InChI is InChI=1S/C10H10N2O2.C2H6/c1-6-3-4-7-8(5-6)9(13)11-12(2)10(7)14;1-2/h3-5H,1-2H3,(H,11,13);1-2H3. The summed E-state index contributed by atoms with van der Waals surface area (Å²) in [6.07, 6.45) is 0. The van der Waals surface area contributed by atoms with Crippen LogP contribution in [0.5, 0.6) is 0 Å². The number of rotatable bonds is 0. The van der Waals surface area contributed by atoms with Gasteiger partial charge in [-0.25, -0.2) is 0 Å². The van der Waals surface area contributed by atoms with Gasteiger partial charge >= 0.3 is 0 Å². The van der Waals surface area contributed by atoms with Crippen molar-refractivity contribution in [1.82, 2.24) is 9.78 Å². The van der Waals surface area contributed by atoms with Crippen LogP contribution in [-0.2, 0) is 7.05 Å². The van der Waals surface area contributed by atoms with Crippen molar-refractivity contribution in [2.24, 2.45) is 7.05 Å². The molecule has 0 amide bonds. The molecule has 0 aliphatic rings. The molecule has 4 nitrogen and oxygen atoms in total. The van der Waals surface area contributed by atoms with E-state index in [0.717, 1.165) is 5.56 Å². The van der Waals surface area contributed by atoms with Crippen LogP contribution in [0.15, 0.2) is 27.8 Å². The first-order valence-corrected chi connectivity index (χ1v) is 5.29. The number of nitrogens with zero attached hydrogens (tertiary/aromatic N) is 1. The molecule has 0 spiro atoms. The van der Waals surface area contributed by atoms with Crippen LogP contribution in [0.1, 0.15) is 19.4 Å². The fourth-order valence-corrected chi connectivity index (χ4v) is 1.48. The Morgan fingerprint density at radius 1 is 1.12 bits per heavy atom. The van der Waals surface area contributed by atoms with Crippen molar-refractivity contribution in [3.63, 3.8) is 0 Å². The van der Waals surface area contributed by atoms with E-state index in [4.69, 9.17) is 0 Å². The first-order valence-electron chi connectivity index (χ1n) is 5.29. The molecule has 0 saturated carbocycles. The lowest BCUT2D eigenvalue weighted by atomic mass is 10.1. The van der Waals surface area contributed by atoms with Gasteiger partial charge in [0.05, 0.1) is 10.8 Å². The maximum absolute atomic E-state index is 11.6. The summed E-state index contributed by atoms with van der Waals surface area (Å²) in [5.41, 5.74) is 0.557. The van der Waals surface area contributed by atoms with E-state index in [9.17, 15) is 9.59 Å². The average molecular weight is 220 g/mol. The van der Waals surface area contributed by atoms with Gasteiger partial charge in [0.15, 0.2) is 0 Å². The lowest BCUT2D eigenvalue weighted by Crippen LogP contribution is -2.27. The van der Waals surface area contributed by atoms with E-state index in [1.165, 1.54) is 11.7 Å². The number of aromatic nitrogens is 2. The fraction of sp³-hybridized carbons (Fsp3) is 0.333. The maximum atomic E-state index is 11.6. The molecular formula is C12H16N2O2. The Labute approximate surface area is 93.5 Å². The highest BCUT2D eigenvalue weighted by Crippen LogP contribution is 2.06. The highest BCUT2D eigenvalue weighted by Gasteiger charge is 2.04. The highest BCUT2D eigenvalue weighted by molar-refractivity contribution is 5.81. The van der Waals surface area contributed by atoms with Crippen LogP contribution in [0.4, 0.5) is 0 Å². The van der Waals surface area contributed by atoms with Gasteiger partial charge in [-0.05, 0) is 19.1 Å². The summed E-state index contributed by atoms with van der Waals surface area (Å²) in [6, 6.07) is 5.22. The molecule has 0 radical (unpaired) electrons. The van der Waals surface area contributed by atoms with Crippen molar-refractivity contribution in [3.05, 3.63) is 44.5 Å². The van der Waals surface area contributed by atoms with Crippen LogP contribution in [0, 0.1) is 6.92 Å². The molecule has 0 bridgehead atoms. The van der Waals surface area contributed by atoms with Crippen LogP contribution >= 0.6 is 0 Å². The van der Waals surface area contributed by atoms with Gasteiger partial charge in [-0.15, -0.1) is 0 Å². The lowest BCUT2D eigenvalue weighted by Gasteiger charge is -2.01. The normalized spacial score (nSPS) is 9.75. The van der Waals surface area contributed by atoms with E-state index in [-0.39, 0.29) is 11.1 Å². The van der Waals surface area contributed by atoms with Gasteiger partial charge in [0.25, 0.3) is 11.1 Å². The van der Waals surface area contributed by atoms with E-state index < -0.39 is 0 Å². The predicted molar refractivity (Wildman–Crippen MR) is 65.9 cm³/mol. The zero-order valence-corrected chi connectivity index (χ0v) is 10.00. The number of hydrogen-bond donors (Lipinski definition) is 1. The van der Waals surface area contributed by atoms with Gasteiger partial charge < -0.3 is 0 Å². The minimum atomic E-state index is -0.231. The first-order chi connectivity index (χ1) is 7.59. The highest BCUT2D eigenvalue weighted by atomic mass is 16.1. The zero-order valence-electron chi connectivity index (χ0n) is 10.00. The van der Waals surface area contributed by atoms with Gasteiger partial charge in [-0.2, -0.15) is 0 Å². The number of benzene rings is 1. The molecule has 2 rings (SSSR count). The van der Waals surface area contributed by atoms with Crippen molar-refractivity contribution in [1.29, 1.82) is 0 Å². The largest absolute Gasteiger partial charge is 0.272 e. The van der Waals surface area contributed by atoms with Crippen molar-refractivity contribution in [3.8, 4) is 0 Å². The zero-order chi connectivity index (χ0) is 12.3. The molecule has 0 atom stereocenters. The smallest absolute Gasteiger partial charge is 0.267 e. The SMILES string of the molecule is CC.Cc1ccc2c(=O)n(C)[nH]c(=O)c2c1. The Balaban J connectivity index is 0.000000606. The molecule has 1 aromatic heterocycles. The van der Waals surface area contributed by atoms with Crippen molar-refractivity contribution < 1.29 is 0 Å². The number of fused-ring (bicyclic) bond motifs is 1. The molecule has 0 aliphatic carbocycles. The number of aromatic amines is 1. The third-order valence-electron chi connectivity index (χ3n) is 2.22. The topological polar surface area (TPSA) is 54.9 Å². The third-order valence-corrected chi connectivity index (χ3v) is 2.22. The fourth-order valence-electron chi connectivity index (χ4n) is 1.48. The molecule has 16 heavy (non-hydrogen) atoms. The molecule has 4 heteroatoms. The van der Waals surface area contributed by atoms with Gasteiger partial charge in [0, 0.05) is 7.05 Å². The van der Waals surface area contributed by atoms with Gasteiger partial charge in [0.1, 0.15) is 0 Å². The monoisotopic (exact) mass is 220 g/mol. The second-order valence-electron chi connectivity index (χ2n) is 3.35. The molecule has 0 aliphatic heterocycles. The Morgan fingerprint density at radius 3 is 2.38 bits per heavy atom. The Morgan fingerprint density at radius 2 is 1.75 bits per heavy atom. The molecule has 86 valence electrons. The van der Waals surface area contributed by atoms with Gasteiger partial charge in [-0.1, -0.05) is 25.5 Å². The summed E-state index contributed by atoms with van der Waals surface area (Å²) in [5, 5.41) is 3.37. The first kappa shape index (κ1) is 12.2. The Hall–Kier alpha value is -1.84. The molecule has 0 fully saturated rings. The predicted octanol–water partition coefficient (Wildman–Crippen LogP) is 1.56. The van der Waals surface area contributed by atoms with Crippen LogP contribution < -0.4 is 11.1 Å². The summed E-state index contributed by atoms with van der Waals surface area (Å²) in [5.74, 6) is 0. The third kappa shape index (κ3) is 2.05. The Kier molecular flexibility index (Phi) is 3.66. The van der Waals surface area contributed by atoms with E-state index >= 15 is 0 Å². The number of aryl methyl sites for hydroxylation is 2. The molecule has 0 saturated heterocycles. The van der Waals surface area contributed by atoms with E-state index in [1.807, 2.05) is 26.8 Å². The van der Waals surface area contributed by atoms with Gasteiger partial charge in [-0.3, -0.25) is 19.4 Å². The van der Waals surface area contributed by atoms with Crippen molar-refractivity contribution in [2.75, 3.05) is 0 Å². The van der Waals surface area contributed by atoms with Gasteiger partial charge in [0.2, 0.25) is 0 Å². The molecule has 2 aromatic rings. The molecular weight excluding hydrogens is 204 g/mol. The van der Waals surface area contributed by atoms with Crippen LogP contribution in [0.25, 0.3) is 10.8 Å². The summed E-state index contributed by atoms with van der Waals surface area (Å²) in [7, 11) is 1.53. The minimum Gasteiger partial charge on any atom is -0.267 e. The van der Waals surface area contributed by atoms with Crippen molar-refractivity contribution in [2.45, 2.75) is 20.8 Å². The number of hydrogen-bond acceptors (Lipinski definition) is 2. The minimum absolute atomic E-state index is 0.181. The van der Waals surface area contributed by atoms with Crippen molar-refractivity contribution >= 4 is 10.8 Å².